The third-order valence-corrected chi connectivity index (χ3v) is 6.03. The monoisotopic (exact) mass is 465 g/mol. The third kappa shape index (κ3) is 4.16. The number of fused-ring (bicyclic) bond motifs is 2. The van der Waals surface area contributed by atoms with Crippen LogP contribution in [0.3, 0.4) is 0 Å². The highest BCUT2D eigenvalue weighted by Crippen LogP contribution is 2.41. The van der Waals surface area contributed by atoms with E-state index in [0.717, 1.165) is 16.7 Å². The van der Waals surface area contributed by atoms with Crippen LogP contribution in [0.1, 0.15) is 59.1 Å². The lowest BCUT2D eigenvalue weighted by atomic mass is 9.97. The van der Waals surface area contributed by atoms with Crippen molar-refractivity contribution in [1.82, 2.24) is 4.90 Å². The Labute approximate surface area is 198 Å². The van der Waals surface area contributed by atoms with E-state index in [1.807, 2.05) is 26.0 Å². The fourth-order valence-corrected chi connectivity index (χ4v) is 4.52. The zero-order valence-electron chi connectivity index (χ0n) is 20.3. The lowest BCUT2D eigenvalue weighted by Crippen LogP contribution is -2.31. The van der Waals surface area contributed by atoms with Gasteiger partial charge in [0.15, 0.2) is 16.9 Å². The van der Waals surface area contributed by atoms with Crippen LogP contribution in [0.5, 0.6) is 11.5 Å². The number of methoxy groups -OCH3 is 1. The van der Waals surface area contributed by atoms with Crippen LogP contribution in [0.4, 0.5) is 0 Å². The normalized spacial score (nSPS) is 15.3. The van der Waals surface area contributed by atoms with Gasteiger partial charge in [-0.15, -0.1) is 0 Å². The van der Waals surface area contributed by atoms with Crippen molar-refractivity contribution in [2.45, 2.75) is 40.2 Å². The van der Waals surface area contributed by atoms with Gasteiger partial charge in [0, 0.05) is 13.2 Å². The van der Waals surface area contributed by atoms with Crippen LogP contribution in [0.2, 0.25) is 0 Å². The molecule has 1 aliphatic rings. The minimum atomic E-state index is -0.649. The summed E-state index contributed by atoms with van der Waals surface area (Å²) in [6.07, 6.45) is 0.384. The number of aliphatic hydroxyl groups is 1. The summed E-state index contributed by atoms with van der Waals surface area (Å²) in [6.45, 7) is 8.67. The molecule has 3 aromatic rings. The van der Waals surface area contributed by atoms with Crippen molar-refractivity contribution < 1.29 is 23.8 Å². The molecular formula is C27H31NO6. The Hall–Kier alpha value is -3.32. The standard InChI is InChI=1S/C27H31NO6/c1-15(2)14-33-20-8-7-18(13-21(20)32-5)23-22-24(30)19-12-16(3)11-17(4)25(19)34-26(22)27(31)28(23)9-6-10-29/h7-8,11-13,15,23,29H,6,9-10,14H2,1-5H3. The molecule has 1 aromatic heterocycles. The molecule has 4 rings (SSSR count). The SMILES string of the molecule is COc1cc(C2c3c(oc4c(C)cc(C)cc4c3=O)C(=O)N2CCCO)ccc1OCC(C)C. The van der Waals surface area contributed by atoms with E-state index in [4.69, 9.17) is 13.9 Å². The Morgan fingerprint density at radius 1 is 1.12 bits per heavy atom. The van der Waals surface area contributed by atoms with Gasteiger partial charge < -0.3 is 23.9 Å². The molecule has 0 saturated carbocycles. The summed E-state index contributed by atoms with van der Waals surface area (Å²) < 4.78 is 17.5. The van der Waals surface area contributed by atoms with Crippen molar-refractivity contribution in [2.75, 3.05) is 26.9 Å². The van der Waals surface area contributed by atoms with E-state index >= 15 is 0 Å². The van der Waals surface area contributed by atoms with Crippen LogP contribution in [0, 0.1) is 19.8 Å². The largest absolute Gasteiger partial charge is 0.493 e. The quantitative estimate of drug-likeness (QED) is 0.531. The number of aryl methyl sites for hydroxylation is 2. The van der Waals surface area contributed by atoms with Crippen LogP contribution >= 0.6 is 0 Å². The molecule has 0 radical (unpaired) electrons. The van der Waals surface area contributed by atoms with Gasteiger partial charge in [0.1, 0.15) is 5.58 Å². The minimum Gasteiger partial charge on any atom is -0.493 e. The fourth-order valence-electron chi connectivity index (χ4n) is 4.52. The molecule has 34 heavy (non-hydrogen) atoms. The molecule has 1 unspecified atom stereocenters. The van der Waals surface area contributed by atoms with Crippen LogP contribution in [0.15, 0.2) is 39.5 Å². The van der Waals surface area contributed by atoms with Crippen LogP contribution in [-0.2, 0) is 0 Å². The maximum Gasteiger partial charge on any atom is 0.290 e. The first-order valence-corrected chi connectivity index (χ1v) is 11.6. The number of carbonyl (C=O) groups excluding carboxylic acids is 1. The molecule has 0 spiro atoms. The summed E-state index contributed by atoms with van der Waals surface area (Å²) in [4.78, 5) is 28.7. The van der Waals surface area contributed by atoms with Gasteiger partial charge in [-0.05, 0) is 61.1 Å². The molecule has 0 aliphatic carbocycles. The molecule has 1 N–H and O–H groups in total. The van der Waals surface area contributed by atoms with Crippen LogP contribution in [-0.4, -0.2) is 42.8 Å². The van der Waals surface area contributed by atoms with Gasteiger partial charge in [0.25, 0.3) is 5.91 Å². The van der Waals surface area contributed by atoms with Crippen molar-refractivity contribution in [2.24, 2.45) is 5.92 Å². The van der Waals surface area contributed by atoms with Gasteiger partial charge in [-0.2, -0.15) is 0 Å². The molecule has 1 aliphatic heterocycles. The number of nitrogens with zero attached hydrogens (tertiary/aromatic N) is 1. The van der Waals surface area contributed by atoms with Crippen molar-refractivity contribution in [1.29, 1.82) is 0 Å². The number of aliphatic hydroxyl groups excluding tert-OH is 1. The first-order chi connectivity index (χ1) is 16.3. The van der Waals surface area contributed by atoms with Crippen molar-refractivity contribution in [3.63, 3.8) is 0 Å². The number of hydrogen-bond donors (Lipinski definition) is 1. The highest BCUT2D eigenvalue weighted by molar-refractivity contribution is 5.99. The molecule has 1 atom stereocenters. The van der Waals surface area contributed by atoms with Gasteiger partial charge in [0.2, 0.25) is 5.76 Å². The van der Waals surface area contributed by atoms with E-state index in [1.54, 1.807) is 30.2 Å². The lowest BCUT2D eigenvalue weighted by molar-refractivity contribution is 0.0716. The summed E-state index contributed by atoms with van der Waals surface area (Å²) in [7, 11) is 1.56. The van der Waals surface area contributed by atoms with E-state index in [1.165, 1.54) is 0 Å². The molecule has 7 nitrogen and oxygen atoms in total. The summed E-state index contributed by atoms with van der Waals surface area (Å²) >= 11 is 0. The molecule has 0 saturated heterocycles. The molecule has 2 aromatic carbocycles. The number of benzene rings is 2. The van der Waals surface area contributed by atoms with Crippen molar-refractivity contribution in [3.8, 4) is 11.5 Å². The average molecular weight is 466 g/mol. The lowest BCUT2D eigenvalue weighted by Gasteiger charge is -2.25. The topological polar surface area (TPSA) is 89.2 Å². The molecule has 7 heteroatoms. The zero-order chi connectivity index (χ0) is 24.6. The van der Waals surface area contributed by atoms with Gasteiger partial charge >= 0.3 is 0 Å². The number of amides is 1. The van der Waals surface area contributed by atoms with Gasteiger partial charge in [-0.25, -0.2) is 0 Å². The Kier molecular flexibility index (Phi) is 6.66. The smallest absolute Gasteiger partial charge is 0.290 e. The second kappa shape index (κ2) is 9.50. The van der Waals surface area contributed by atoms with Crippen molar-refractivity contribution in [3.05, 3.63) is 68.6 Å². The predicted octanol–water partition coefficient (Wildman–Crippen LogP) is 4.38. The Balaban J connectivity index is 1.90. The first-order valence-electron chi connectivity index (χ1n) is 11.6. The van der Waals surface area contributed by atoms with E-state index in [-0.39, 0.29) is 30.2 Å². The van der Waals surface area contributed by atoms with E-state index < -0.39 is 6.04 Å². The highest BCUT2D eigenvalue weighted by atomic mass is 16.5. The first kappa shape index (κ1) is 23.8. The maximum atomic E-state index is 13.7. The average Bonchev–Trinajstić information content (AvgIpc) is 3.08. The van der Waals surface area contributed by atoms with Gasteiger partial charge in [0.05, 0.1) is 30.7 Å². The Bertz CT molecular complexity index is 1290. The van der Waals surface area contributed by atoms with E-state index in [9.17, 15) is 14.7 Å². The molecular weight excluding hydrogens is 434 g/mol. The molecule has 2 heterocycles. The predicted molar refractivity (Wildman–Crippen MR) is 130 cm³/mol. The van der Waals surface area contributed by atoms with Gasteiger partial charge in [-0.3, -0.25) is 9.59 Å². The highest BCUT2D eigenvalue weighted by Gasteiger charge is 2.42. The Morgan fingerprint density at radius 2 is 1.88 bits per heavy atom. The maximum absolute atomic E-state index is 13.7. The van der Waals surface area contributed by atoms with Gasteiger partial charge in [-0.1, -0.05) is 26.0 Å². The summed E-state index contributed by atoms with van der Waals surface area (Å²) in [5.41, 5.74) is 3.01. The summed E-state index contributed by atoms with van der Waals surface area (Å²) in [5, 5.41) is 9.89. The molecule has 0 fully saturated rings. The second-order valence-corrected chi connectivity index (χ2v) is 9.23. The molecule has 1 amide bonds. The second-order valence-electron chi connectivity index (χ2n) is 9.23. The number of hydrogen-bond acceptors (Lipinski definition) is 6. The Morgan fingerprint density at radius 3 is 2.56 bits per heavy atom. The van der Waals surface area contributed by atoms with E-state index in [2.05, 4.69) is 13.8 Å². The zero-order valence-corrected chi connectivity index (χ0v) is 20.3. The summed E-state index contributed by atoms with van der Waals surface area (Å²) in [6, 6.07) is 8.54. The third-order valence-electron chi connectivity index (χ3n) is 6.03. The van der Waals surface area contributed by atoms with Crippen LogP contribution < -0.4 is 14.9 Å². The number of carbonyl (C=O) groups is 1. The van der Waals surface area contributed by atoms with Crippen LogP contribution in [0.25, 0.3) is 11.0 Å². The van der Waals surface area contributed by atoms with E-state index in [0.29, 0.717) is 47.0 Å². The molecule has 0 bridgehead atoms. The minimum absolute atomic E-state index is 0.0616. The summed E-state index contributed by atoms with van der Waals surface area (Å²) in [5.74, 6) is 1.18. The number of ether oxygens (including phenoxy) is 2. The fraction of sp³-hybridized carbons (Fsp3) is 0.407. The number of rotatable bonds is 8. The van der Waals surface area contributed by atoms with Crippen molar-refractivity contribution >= 4 is 16.9 Å². The molecule has 180 valence electrons.